The second-order valence-electron chi connectivity index (χ2n) is 3.90. The molecule has 1 saturated heterocycles. The lowest BCUT2D eigenvalue weighted by atomic mass is 10.2. The van der Waals surface area contributed by atoms with Crippen LogP contribution in [0, 0.1) is 6.92 Å². The highest BCUT2D eigenvalue weighted by Crippen LogP contribution is 2.21. The van der Waals surface area contributed by atoms with Crippen LogP contribution in [0.1, 0.15) is 18.7 Å². The van der Waals surface area contributed by atoms with Gasteiger partial charge in [-0.25, -0.2) is 4.98 Å². The number of anilines is 1. The largest absolute Gasteiger partial charge is 0.481 e. The molecule has 1 atom stereocenters. The maximum Gasteiger partial charge on any atom is 0.218 e. The summed E-state index contributed by atoms with van der Waals surface area (Å²) in [5.41, 5.74) is 0. The van der Waals surface area contributed by atoms with E-state index in [1.165, 1.54) is 18.6 Å². The fourth-order valence-electron chi connectivity index (χ4n) is 1.78. The lowest BCUT2D eigenvalue weighted by Crippen LogP contribution is -2.26. The third kappa shape index (κ3) is 3.01. The van der Waals surface area contributed by atoms with E-state index < -0.39 is 0 Å². The van der Waals surface area contributed by atoms with Gasteiger partial charge in [0.05, 0.1) is 7.11 Å². The number of aromatic nitrogens is 2. The smallest absolute Gasteiger partial charge is 0.218 e. The van der Waals surface area contributed by atoms with Crippen LogP contribution in [0.15, 0.2) is 6.07 Å². The normalized spacial score (nSPS) is 20.5. The Morgan fingerprint density at radius 2 is 2.38 bits per heavy atom. The van der Waals surface area contributed by atoms with E-state index in [0.29, 0.717) is 11.9 Å². The summed E-state index contributed by atoms with van der Waals surface area (Å²) < 4.78 is 5.13. The number of hydrogen-bond donors (Lipinski definition) is 1. The van der Waals surface area contributed by atoms with Crippen molar-refractivity contribution in [2.75, 3.05) is 23.9 Å². The van der Waals surface area contributed by atoms with Crippen LogP contribution < -0.4 is 10.1 Å². The van der Waals surface area contributed by atoms with Crippen LogP contribution in [0.2, 0.25) is 0 Å². The summed E-state index contributed by atoms with van der Waals surface area (Å²) in [5.74, 6) is 4.68. The van der Waals surface area contributed by atoms with E-state index >= 15 is 0 Å². The summed E-state index contributed by atoms with van der Waals surface area (Å²) >= 11 is 2.00. The summed E-state index contributed by atoms with van der Waals surface area (Å²) in [6, 6.07) is 2.38. The first-order chi connectivity index (χ1) is 7.78. The second kappa shape index (κ2) is 5.39. The number of ether oxygens (including phenoxy) is 1. The van der Waals surface area contributed by atoms with Crippen LogP contribution in [-0.4, -0.2) is 34.6 Å². The predicted octanol–water partition coefficient (Wildman–Crippen LogP) is 2.10. The van der Waals surface area contributed by atoms with Crippen LogP contribution >= 0.6 is 11.8 Å². The van der Waals surface area contributed by atoms with E-state index in [-0.39, 0.29) is 0 Å². The Bertz CT molecular complexity index is 353. The third-order valence-corrected chi connectivity index (χ3v) is 3.75. The Kier molecular flexibility index (Phi) is 3.88. The van der Waals surface area contributed by atoms with Crippen molar-refractivity contribution >= 4 is 17.6 Å². The summed E-state index contributed by atoms with van der Waals surface area (Å²) in [4.78, 5) is 8.53. The molecule has 0 amide bonds. The van der Waals surface area contributed by atoms with E-state index in [2.05, 4.69) is 15.3 Å². The van der Waals surface area contributed by atoms with E-state index in [1.807, 2.05) is 24.8 Å². The molecule has 1 aromatic rings. The number of hydrogen-bond acceptors (Lipinski definition) is 5. The van der Waals surface area contributed by atoms with Gasteiger partial charge >= 0.3 is 0 Å². The van der Waals surface area contributed by atoms with Crippen molar-refractivity contribution in [2.24, 2.45) is 0 Å². The van der Waals surface area contributed by atoms with Gasteiger partial charge in [0.2, 0.25) is 5.88 Å². The molecule has 1 aliphatic rings. The highest BCUT2D eigenvalue weighted by atomic mass is 32.2. The average Bonchev–Trinajstić information content (AvgIpc) is 2.29. The molecule has 1 aromatic heterocycles. The predicted molar refractivity (Wildman–Crippen MR) is 67.3 cm³/mol. The summed E-state index contributed by atoms with van der Waals surface area (Å²) in [5, 5.41) is 3.44. The molecule has 4 nitrogen and oxygen atoms in total. The SMILES string of the molecule is COc1cc(NC2CCCSC2)nc(C)n1. The lowest BCUT2D eigenvalue weighted by molar-refractivity contribution is 0.396. The number of thioether (sulfide) groups is 1. The maximum atomic E-state index is 5.13. The molecule has 1 N–H and O–H groups in total. The number of rotatable bonds is 3. The summed E-state index contributed by atoms with van der Waals surface area (Å²) in [6.07, 6.45) is 2.50. The van der Waals surface area contributed by atoms with Crippen LogP contribution in [0.25, 0.3) is 0 Å². The van der Waals surface area contributed by atoms with Crippen LogP contribution in [0.4, 0.5) is 5.82 Å². The number of nitrogens with zero attached hydrogens (tertiary/aromatic N) is 2. The van der Waals surface area contributed by atoms with Gasteiger partial charge < -0.3 is 10.1 Å². The highest BCUT2D eigenvalue weighted by Gasteiger charge is 2.14. The van der Waals surface area contributed by atoms with Crippen molar-refractivity contribution in [3.63, 3.8) is 0 Å². The molecule has 1 fully saturated rings. The van der Waals surface area contributed by atoms with Crippen molar-refractivity contribution in [2.45, 2.75) is 25.8 Å². The van der Waals surface area contributed by atoms with Gasteiger partial charge in [0.15, 0.2) is 0 Å². The van der Waals surface area contributed by atoms with Crippen LogP contribution in [0.3, 0.4) is 0 Å². The first-order valence-corrected chi connectivity index (χ1v) is 6.67. The summed E-state index contributed by atoms with van der Waals surface area (Å²) in [6.45, 7) is 1.88. The van der Waals surface area contributed by atoms with Crippen molar-refractivity contribution in [3.8, 4) is 5.88 Å². The quantitative estimate of drug-likeness (QED) is 0.875. The number of nitrogens with one attached hydrogen (secondary N) is 1. The molecule has 0 saturated carbocycles. The van der Waals surface area contributed by atoms with Gasteiger partial charge in [0.25, 0.3) is 0 Å². The van der Waals surface area contributed by atoms with E-state index in [0.717, 1.165) is 17.4 Å². The Morgan fingerprint density at radius 1 is 1.50 bits per heavy atom. The maximum absolute atomic E-state index is 5.13. The topological polar surface area (TPSA) is 47.0 Å². The van der Waals surface area contributed by atoms with Crippen molar-refractivity contribution in [1.82, 2.24) is 9.97 Å². The molecule has 5 heteroatoms. The zero-order valence-electron chi connectivity index (χ0n) is 9.69. The molecule has 2 heterocycles. The fourth-order valence-corrected chi connectivity index (χ4v) is 2.85. The molecule has 0 spiro atoms. The van der Waals surface area contributed by atoms with Gasteiger partial charge in [-0.1, -0.05) is 0 Å². The number of aryl methyl sites for hydroxylation is 1. The Balaban J connectivity index is 2.04. The Hall–Kier alpha value is -0.970. The zero-order valence-corrected chi connectivity index (χ0v) is 10.5. The molecule has 0 radical (unpaired) electrons. The molecular formula is C11H17N3OS. The molecule has 16 heavy (non-hydrogen) atoms. The fraction of sp³-hybridized carbons (Fsp3) is 0.636. The molecule has 1 aliphatic heterocycles. The average molecular weight is 239 g/mol. The molecule has 0 bridgehead atoms. The number of methoxy groups -OCH3 is 1. The third-order valence-electron chi connectivity index (χ3n) is 2.54. The van der Waals surface area contributed by atoms with Crippen LogP contribution in [0.5, 0.6) is 5.88 Å². The Labute approximate surface area is 100 Å². The molecule has 0 aliphatic carbocycles. The second-order valence-corrected chi connectivity index (χ2v) is 5.05. The minimum atomic E-state index is 0.526. The Morgan fingerprint density at radius 3 is 3.06 bits per heavy atom. The molecule has 88 valence electrons. The van der Waals surface area contributed by atoms with Gasteiger partial charge in [-0.15, -0.1) is 0 Å². The van der Waals surface area contributed by atoms with E-state index in [4.69, 9.17) is 4.74 Å². The van der Waals surface area contributed by atoms with Gasteiger partial charge in [-0.2, -0.15) is 16.7 Å². The standard InChI is InChI=1S/C11H17N3OS/c1-8-12-10(6-11(13-8)15-2)14-9-4-3-5-16-7-9/h6,9H,3-5,7H2,1-2H3,(H,12,13,14). The van der Waals surface area contributed by atoms with Crippen LogP contribution in [-0.2, 0) is 0 Å². The van der Waals surface area contributed by atoms with Gasteiger partial charge in [-0.3, -0.25) is 0 Å². The first-order valence-electron chi connectivity index (χ1n) is 5.52. The van der Waals surface area contributed by atoms with Crippen molar-refractivity contribution in [3.05, 3.63) is 11.9 Å². The van der Waals surface area contributed by atoms with Crippen molar-refractivity contribution in [1.29, 1.82) is 0 Å². The molecular weight excluding hydrogens is 222 g/mol. The molecule has 2 rings (SSSR count). The van der Waals surface area contributed by atoms with Crippen molar-refractivity contribution < 1.29 is 4.74 Å². The summed E-state index contributed by atoms with van der Waals surface area (Å²) in [7, 11) is 1.63. The van der Waals surface area contributed by atoms with E-state index in [9.17, 15) is 0 Å². The van der Waals surface area contributed by atoms with Gasteiger partial charge in [-0.05, 0) is 25.5 Å². The minimum Gasteiger partial charge on any atom is -0.481 e. The van der Waals surface area contributed by atoms with E-state index in [1.54, 1.807) is 7.11 Å². The first kappa shape index (κ1) is 11.5. The molecule has 0 aromatic carbocycles. The molecule has 1 unspecified atom stereocenters. The van der Waals surface area contributed by atoms with Gasteiger partial charge in [0.1, 0.15) is 11.6 Å². The highest BCUT2D eigenvalue weighted by molar-refractivity contribution is 7.99. The zero-order chi connectivity index (χ0) is 11.4. The lowest BCUT2D eigenvalue weighted by Gasteiger charge is -2.23. The van der Waals surface area contributed by atoms with Gasteiger partial charge in [0, 0.05) is 17.9 Å². The monoisotopic (exact) mass is 239 g/mol. The minimum absolute atomic E-state index is 0.526.